The Labute approximate surface area is 152 Å². The highest BCUT2D eigenvalue weighted by Crippen LogP contribution is 2.29. The standard InChI is InChI=1S/C18H24N6O2/c1-26-16-6-7-19-18(21-16)20-11-14-10-15-12-23(8-3-9-24(15)22-14)17(25)13-4-2-5-13/h6-7,10,13H,2-5,8-9,11-12H2,1H3,(H,19,20,21). The Balaban J connectivity index is 1.41. The van der Waals surface area contributed by atoms with Crippen LogP contribution in [0.3, 0.4) is 0 Å². The van der Waals surface area contributed by atoms with E-state index in [4.69, 9.17) is 4.74 Å². The first kappa shape index (κ1) is 16.8. The quantitative estimate of drug-likeness (QED) is 0.880. The Kier molecular flexibility index (Phi) is 4.73. The number of methoxy groups -OCH3 is 1. The third-order valence-electron chi connectivity index (χ3n) is 5.10. The van der Waals surface area contributed by atoms with Gasteiger partial charge in [0.05, 0.1) is 31.6 Å². The van der Waals surface area contributed by atoms with Crippen LogP contribution in [0.1, 0.15) is 37.1 Å². The molecular formula is C18H24N6O2. The van der Waals surface area contributed by atoms with Gasteiger partial charge in [-0.2, -0.15) is 10.1 Å². The van der Waals surface area contributed by atoms with Gasteiger partial charge in [-0.25, -0.2) is 4.98 Å². The number of carbonyl (C=O) groups excluding carboxylic acids is 1. The summed E-state index contributed by atoms with van der Waals surface area (Å²) in [5.41, 5.74) is 2.02. The number of hydrogen-bond acceptors (Lipinski definition) is 6. The molecule has 1 N–H and O–H groups in total. The van der Waals surface area contributed by atoms with Crippen molar-refractivity contribution in [3.63, 3.8) is 0 Å². The third-order valence-corrected chi connectivity index (χ3v) is 5.10. The van der Waals surface area contributed by atoms with E-state index in [1.54, 1.807) is 19.4 Å². The number of nitrogens with one attached hydrogen (secondary N) is 1. The molecule has 0 radical (unpaired) electrons. The fourth-order valence-electron chi connectivity index (χ4n) is 3.42. The molecule has 0 unspecified atom stereocenters. The molecule has 8 heteroatoms. The molecule has 4 rings (SSSR count). The lowest BCUT2D eigenvalue weighted by Crippen LogP contribution is -2.38. The Morgan fingerprint density at radius 2 is 2.23 bits per heavy atom. The fourth-order valence-corrected chi connectivity index (χ4v) is 3.42. The molecule has 2 aromatic heterocycles. The van der Waals surface area contributed by atoms with Crippen molar-refractivity contribution in [3.8, 4) is 5.88 Å². The molecule has 1 saturated carbocycles. The monoisotopic (exact) mass is 356 g/mol. The largest absolute Gasteiger partial charge is 0.481 e. The zero-order valence-electron chi connectivity index (χ0n) is 15.0. The molecule has 3 heterocycles. The molecular weight excluding hydrogens is 332 g/mol. The second-order valence-corrected chi connectivity index (χ2v) is 6.87. The van der Waals surface area contributed by atoms with E-state index in [0.717, 1.165) is 43.7 Å². The SMILES string of the molecule is COc1ccnc(NCc2cc3n(n2)CCCN(C(=O)C2CCC2)C3)n1. The zero-order valence-corrected chi connectivity index (χ0v) is 15.0. The van der Waals surface area contributed by atoms with Gasteiger partial charge in [-0.1, -0.05) is 6.42 Å². The molecule has 0 spiro atoms. The number of carbonyl (C=O) groups is 1. The van der Waals surface area contributed by atoms with Crippen molar-refractivity contribution in [2.45, 2.75) is 45.3 Å². The molecule has 2 aliphatic rings. The molecule has 1 aliphatic carbocycles. The summed E-state index contributed by atoms with van der Waals surface area (Å²) in [6.45, 7) is 2.85. The first-order valence-electron chi connectivity index (χ1n) is 9.18. The number of fused-ring (bicyclic) bond motifs is 1. The highest BCUT2D eigenvalue weighted by atomic mass is 16.5. The van der Waals surface area contributed by atoms with E-state index in [1.165, 1.54) is 6.42 Å². The van der Waals surface area contributed by atoms with Crippen LogP contribution in [0.4, 0.5) is 5.95 Å². The predicted octanol–water partition coefficient (Wildman–Crippen LogP) is 1.83. The number of aryl methyl sites for hydroxylation is 1. The number of aromatic nitrogens is 4. The van der Waals surface area contributed by atoms with Gasteiger partial charge in [0.25, 0.3) is 0 Å². The summed E-state index contributed by atoms with van der Waals surface area (Å²) in [7, 11) is 1.58. The molecule has 26 heavy (non-hydrogen) atoms. The van der Waals surface area contributed by atoms with Crippen molar-refractivity contribution in [2.75, 3.05) is 19.0 Å². The summed E-state index contributed by atoms with van der Waals surface area (Å²) in [5.74, 6) is 1.59. The summed E-state index contributed by atoms with van der Waals surface area (Å²) in [4.78, 5) is 23.0. The third kappa shape index (κ3) is 3.49. The highest BCUT2D eigenvalue weighted by Gasteiger charge is 2.30. The minimum Gasteiger partial charge on any atom is -0.481 e. The van der Waals surface area contributed by atoms with Gasteiger partial charge >= 0.3 is 0 Å². The number of anilines is 1. The van der Waals surface area contributed by atoms with Crippen LogP contribution in [0.15, 0.2) is 18.3 Å². The molecule has 0 saturated heterocycles. The lowest BCUT2D eigenvalue weighted by atomic mass is 9.84. The van der Waals surface area contributed by atoms with Gasteiger partial charge in [-0.3, -0.25) is 9.48 Å². The number of nitrogens with zero attached hydrogens (tertiary/aromatic N) is 5. The summed E-state index contributed by atoms with van der Waals surface area (Å²) < 4.78 is 7.13. The molecule has 0 bridgehead atoms. The van der Waals surface area contributed by atoms with E-state index in [0.29, 0.717) is 30.8 Å². The van der Waals surface area contributed by atoms with Crippen LogP contribution in [0.2, 0.25) is 0 Å². The van der Waals surface area contributed by atoms with E-state index in [-0.39, 0.29) is 5.92 Å². The normalized spacial score (nSPS) is 17.2. The maximum atomic E-state index is 12.6. The summed E-state index contributed by atoms with van der Waals surface area (Å²) >= 11 is 0. The molecule has 0 aromatic carbocycles. The minimum atomic E-state index is 0.246. The Hall–Kier alpha value is -2.64. The highest BCUT2D eigenvalue weighted by molar-refractivity contribution is 5.79. The van der Waals surface area contributed by atoms with Crippen molar-refractivity contribution in [3.05, 3.63) is 29.7 Å². The molecule has 8 nitrogen and oxygen atoms in total. The summed E-state index contributed by atoms with van der Waals surface area (Å²) in [5, 5.41) is 7.84. The first-order chi connectivity index (χ1) is 12.7. The Bertz CT molecular complexity index is 786. The van der Waals surface area contributed by atoms with Crippen molar-refractivity contribution in [2.24, 2.45) is 5.92 Å². The number of hydrogen-bond donors (Lipinski definition) is 1. The molecule has 1 aliphatic heterocycles. The van der Waals surface area contributed by atoms with E-state index in [2.05, 4.69) is 26.4 Å². The molecule has 1 amide bonds. The average molecular weight is 356 g/mol. The zero-order chi connectivity index (χ0) is 17.9. The van der Waals surface area contributed by atoms with Crippen LogP contribution in [-0.2, 0) is 24.4 Å². The smallest absolute Gasteiger partial charge is 0.226 e. The fraction of sp³-hybridized carbons (Fsp3) is 0.556. The van der Waals surface area contributed by atoms with E-state index in [9.17, 15) is 4.79 Å². The van der Waals surface area contributed by atoms with Crippen molar-refractivity contribution in [1.29, 1.82) is 0 Å². The van der Waals surface area contributed by atoms with Crippen LogP contribution < -0.4 is 10.1 Å². The molecule has 0 atom stereocenters. The predicted molar refractivity (Wildman–Crippen MR) is 95.5 cm³/mol. The first-order valence-corrected chi connectivity index (χ1v) is 9.18. The van der Waals surface area contributed by atoms with Crippen LogP contribution >= 0.6 is 0 Å². The topological polar surface area (TPSA) is 85.2 Å². The maximum absolute atomic E-state index is 12.6. The van der Waals surface area contributed by atoms with Gasteiger partial charge in [0.15, 0.2) is 0 Å². The van der Waals surface area contributed by atoms with Crippen LogP contribution in [0, 0.1) is 5.92 Å². The van der Waals surface area contributed by atoms with Gasteiger partial charge in [-0.05, 0) is 25.3 Å². The van der Waals surface area contributed by atoms with Crippen LogP contribution in [0.25, 0.3) is 0 Å². The van der Waals surface area contributed by atoms with Crippen molar-refractivity contribution < 1.29 is 9.53 Å². The Morgan fingerprint density at radius 1 is 1.35 bits per heavy atom. The van der Waals surface area contributed by atoms with Gasteiger partial charge in [0.2, 0.25) is 17.7 Å². The van der Waals surface area contributed by atoms with Gasteiger partial charge in [-0.15, -0.1) is 0 Å². The van der Waals surface area contributed by atoms with Gasteiger partial charge in [0.1, 0.15) is 0 Å². The van der Waals surface area contributed by atoms with Crippen LogP contribution in [0.5, 0.6) is 5.88 Å². The lowest BCUT2D eigenvalue weighted by Gasteiger charge is -2.30. The van der Waals surface area contributed by atoms with E-state index in [1.807, 2.05) is 9.58 Å². The average Bonchev–Trinajstić information content (AvgIpc) is 2.89. The summed E-state index contributed by atoms with van der Waals surface area (Å²) in [6.07, 6.45) is 5.87. The molecule has 2 aromatic rings. The van der Waals surface area contributed by atoms with Crippen molar-refractivity contribution in [1.82, 2.24) is 24.6 Å². The molecule has 138 valence electrons. The Morgan fingerprint density at radius 3 is 3.00 bits per heavy atom. The number of ether oxygens (including phenoxy) is 1. The second kappa shape index (κ2) is 7.31. The van der Waals surface area contributed by atoms with Crippen molar-refractivity contribution >= 4 is 11.9 Å². The number of rotatable bonds is 5. The van der Waals surface area contributed by atoms with Crippen LogP contribution in [-0.4, -0.2) is 44.2 Å². The van der Waals surface area contributed by atoms with Gasteiger partial charge in [0, 0.05) is 31.3 Å². The second-order valence-electron chi connectivity index (χ2n) is 6.87. The van der Waals surface area contributed by atoms with E-state index >= 15 is 0 Å². The lowest BCUT2D eigenvalue weighted by molar-refractivity contribution is -0.138. The number of amides is 1. The summed E-state index contributed by atoms with van der Waals surface area (Å²) in [6, 6.07) is 3.78. The minimum absolute atomic E-state index is 0.246. The molecule has 1 fully saturated rings. The van der Waals surface area contributed by atoms with E-state index < -0.39 is 0 Å². The maximum Gasteiger partial charge on any atom is 0.226 e. The van der Waals surface area contributed by atoms with Gasteiger partial charge < -0.3 is 15.0 Å².